The van der Waals surface area contributed by atoms with Gasteiger partial charge in [-0.15, -0.1) is 0 Å². The molecule has 3 rings (SSSR count). The first-order chi connectivity index (χ1) is 22.8. The fourth-order valence-electron chi connectivity index (χ4n) is 4.29. The quantitative estimate of drug-likeness (QED) is 0.0715. The van der Waals surface area contributed by atoms with Crippen LogP contribution in [0, 0.1) is 0 Å². The van der Waals surface area contributed by atoms with Crippen LogP contribution in [0.15, 0.2) is 87.5 Å². The van der Waals surface area contributed by atoms with Gasteiger partial charge in [-0.3, -0.25) is 0 Å². The van der Waals surface area contributed by atoms with Crippen molar-refractivity contribution in [3.63, 3.8) is 0 Å². The van der Waals surface area contributed by atoms with E-state index in [1.165, 1.54) is 0 Å². The molecule has 0 aliphatic heterocycles. The summed E-state index contributed by atoms with van der Waals surface area (Å²) < 4.78 is 52.2. The molecule has 0 N–H and O–H groups in total. The number of ether oxygens (including phenoxy) is 9. The summed E-state index contributed by atoms with van der Waals surface area (Å²) >= 11 is 0. The lowest BCUT2D eigenvalue weighted by Crippen LogP contribution is -2.16. The Morgan fingerprint density at radius 2 is 0.609 bits per heavy atom. The molecule has 0 spiro atoms. The minimum Gasteiger partial charge on any atom is -0.486 e. The summed E-state index contributed by atoms with van der Waals surface area (Å²) in [4.78, 5) is 3.06. The molecule has 0 bridgehead atoms. The third-order valence-electron chi connectivity index (χ3n) is 6.39. The first-order valence-electron chi connectivity index (χ1n) is 16.2. The van der Waals surface area contributed by atoms with Crippen LogP contribution in [0.4, 0.5) is 0 Å². The van der Waals surface area contributed by atoms with Gasteiger partial charge in [0.2, 0.25) is 14.7 Å². The number of hydrogen-bond donors (Lipinski definition) is 0. The zero-order valence-corrected chi connectivity index (χ0v) is 28.4. The summed E-state index contributed by atoms with van der Waals surface area (Å²) in [5, 5.41) is 0. The number of benzene rings is 3. The molecular weight excluding hydrogens is 608 g/mol. The lowest BCUT2D eigenvalue weighted by Gasteiger charge is -2.17. The molecule has 254 valence electrons. The second-order valence-corrected chi connectivity index (χ2v) is 11.6. The number of rotatable bonds is 27. The maximum Gasteiger partial charge on any atom is 0.208 e. The van der Waals surface area contributed by atoms with Crippen LogP contribution in [0.5, 0.6) is 17.2 Å². The van der Waals surface area contributed by atoms with Crippen LogP contribution in [-0.2, 0) is 39.3 Å². The number of hydrogen-bond acceptors (Lipinski definition) is 9. The molecule has 0 aromatic heterocycles. The van der Waals surface area contributed by atoms with E-state index < -0.39 is 10.9 Å². The maximum absolute atomic E-state index is 6.33. The van der Waals surface area contributed by atoms with Crippen molar-refractivity contribution >= 4 is 10.9 Å². The Morgan fingerprint density at radius 3 is 0.913 bits per heavy atom. The fourth-order valence-corrected chi connectivity index (χ4v) is 6.63. The predicted octanol–water partition coefficient (Wildman–Crippen LogP) is 6.08. The second-order valence-electron chi connectivity index (χ2n) is 9.62. The van der Waals surface area contributed by atoms with Crippen molar-refractivity contribution < 1.29 is 42.6 Å². The molecule has 0 aliphatic carbocycles. The molecule has 9 nitrogen and oxygen atoms in total. The van der Waals surface area contributed by atoms with Gasteiger partial charge in [-0.05, 0) is 57.2 Å². The average Bonchev–Trinajstić information content (AvgIpc) is 3.09. The molecule has 0 amide bonds. The molecule has 3 aromatic carbocycles. The first-order valence-corrected chi connectivity index (χ1v) is 17.4. The molecule has 0 heterocycles. The highest BCUT2D eigenvalue weighted by Gasteiger charge is 2.37. The van der Waals surface area contributed by atoms with E-state index in [-0.39, 0.29) is 0 Å². The van der Waals surface area contributed by atoms with Gasteiger partial charge in [0.05, 0.1) is 59.5 Å². The normalized spacial score (nSPS) is 11.2. The monoisotopic (exact) mass is 659 g/mol. The molecule has 0 unspecified atom stereocenters. The largest absolute Gasteiger partial charge is 0.486 e. The van der Waals surface area contributed by atoms with E-state index in [1.807, 2.05) is 75.4 Å². The molecule has 10 heteroatoms. The zero-order chi connectivity index (χ0) is 32.5. The minimum absolute atomic E-state index is 0.412. The first kappa shape index (κ1) is 37.6. The average molecular weight is 660 g/mol. The van der Waals surface area contributed by atoms with Gasteiger partial charge in [-0.25, -0.2) is 0 Å². The van der Waals surface area contributed by atoms with Crippen molar-refractivity contribution in [1.82, 2.24) is 0 Å². The molecule has 3 aromatic rings. The van der Waals surface area contributed by atoms with E-state index in [9.17, 15) is 0 Å². The van der Waals surface area contributed by atoms with Gasteiger partial charge in [-0.1, -0.05) is 36.4 Å². The Labute approximate surface area is 277 Å². The highest BCUT2D eigenvalue weighted by molar-refractivity contribution is 7.97. The van der Waals surface area contributed by atoms with Gasteiger partial charge in [-0.2, -0.15) is 0 Å². The van der Waals surface area contributed by atoms with Crippen LogP contribution in [0.2, 0.25) is 0 Å². The Balaban J connectivity index is 1.85. The molecule has 0 saturated carbocycles. The Morgan fingerprint density at radius 1 is 0.348 bits per heavy atom. The Bertz CT molecular complexity index is 1050. The van der Waals surface area contributed by atoms with Gasteiger partial charge in [0.25, 0.3) is 0 Å². The van der Waals surface area contributed by atoms with Gasteiger partial charge < -0.3 is 42.6 Å². The summed E-state index contributed by atoms with van der Waals surface area (Å²) in [7, 11) is -0.641. The van der Waals surface area contributed by atoms with Crippen LogP contribution < -0.4 is 14.2 Å². The molecule has 0 saturated heterocycles. The smallest absolute Gasteiger partial charge is 0.208 e. The van der Waals surface area contributed by atoms with Crippen molar-refractivity contribution in [3.05, 3.63) is 72.8 Å². The second kappa shape index (κ2) is 24.4. The predicted molar refractivity (Wildman–Crippen MR) is 180 cm³/mol. The summed E-state index contributed by atoms with van der Waals surface area (Å²) in [6.07, 6.45) is 0. The highest BCUT2D eigenvalue weighted by atomic mass is 32.2. The van der Waals surface area contributed by atoms with Crippen molar-refractivity contribution in [1.29, 1.82) is 0 Å². The Hall–Kier alpha value is -2.83. The zero-order valence-electron chi connectivity index (χ0n) is 27.6. The van der Waals surface area contributed by atoms with Crippen LogP contribution in [0.25, 0.3) is 0 Å². The molecule has 0 aliphatic rings. The fraction of sp³-hybridized carbons (Fsp3) is 0.500. The van der Waals surface area contributed by atoms with E-state index in [0.29, 0.717) is 99.1 Å². The van der Waals surface area contributed by atoms with Crippen LogP contribution in [-0.4, -0.2) is 99.1 Å². The van der Waals surface area contributed by atoms with E-state index in [4.69, 9.17) is 42.6 Å². The van der Waals surface area contributed by atoms with Crippen molar-refractivity contribution in [2.45, 2.75) is 35.5 Å². The summed E-state index contributed by atoms with van der Waals surface area (Å²) in [6, 6.07) is 24.4. The van der Waals surface area contributed by atoms with Crippen molar-refractivity contribution in [2.24, 2.45) is 0 Å². The van der Waals surface area contributed by atoms with E-state index >= 15 is 0 Å². The summed E-state index contributed by atoms with van der Waals surface area (Å²) in [5.74, 6) is 2.34. The lowest BCUT2D eigenvalue weighted by molar-refractivity contribution is 0.0400. The van der Waals surface area contributed by atoms with Gasteiger partial charge in [0.15, 0.2) is 17.2 Å². The molecular formula is C36H51O9S+. The van der Waals surface area contributed by atoms with Gasteiger partial charge in [0, 0.05) is 19.8 Å². The summed E-state index contributed by atoms with van der Waals surface area (Å²) in [6.45, 7) is 13.9. The van der Waals surface area contributed by atoms with E-state index in [0.717, 1.165) is 31.9 Å². The molecule has 46 heavy (non-hydrogen) atoms. The molecule has 0 atom stereocenters. The standard InChI is InChI=1S/C36H51O9S/c1-4-37-19-22-40-25-28-43-31-13-7-10-16-34(31)46(35-17-11-8-14-32(35)44-29-26-41-23-20-38-5-2)36-18-12-9-15-33(36)45-30-27-42-24-21-39-6-3/h7-18H,4-6,19-30H2,1-3H3/q+1. The highest BCUT2D eigenvalue weighted by Crippen LogP contribution is 2.43. The van der Waals surface area contributed by atoms with Gasteiger partial charge in [0.1, 0.15) is 30.7 Å². The van der Waals surface area contributed by atoms with Crippen molar-refractivity contribution in [2.75, 3.05) is 99.1 Å². The third-order valence-corrected chi connectivity index (χ3v) is 8.72. The minimum atomic E-state index is -0.641. The number of para-hydroxylation sites is 3. The van der Waals surface area contributed by atoms with Crippen LogP contribution in [0.1, 0.15) is 20.8 Å². The SMILES string of the molecule is CCOCCOCCOc1ccccc1[S+](c1ccccc1OCCOCCOCC)c1ccccc1OCCOCCOCC. The van der Waals surface area contributed by atoms with E-state index in [1.54, 1.807) is 0 Å². The Kier molecular flexibility index (Phi) is 19.9. The van der Waals surface area contributed by atoms with Crippen LogP contribution in [0.3, 0.4) is 0 Å². The molecule has 0 radical (unpaired) electrons. The summed E-state index contributed by atoms with van der Waals surface area (Å²) in [5.41, 5.74) is 0. The van der Waals surface area contributed by atoms with E-state index in [2.05, 4.69) is 18.2 Å². The molecule has 0 fully saturated rings. The van der Waals surface area contributed by atoms with Crippen LogP contribution >= 0.6 is 0 Å². The van der Waals surface area contributed by atoms with Gasteiger partial charge >= 0.3 is 0 Å². The third kappa shape index (κ3) is 13.9. The lowest BCUT2D eigenvalue weighted by atomic mass is 10.3. The maximum atomic E-state index is 6.33. The topological polar surface area (TPSA) is 83.1 Å². The van der Waals surface area contributed by atoms with Crippen molar-refractivity contribution in [3.8, 4) is 17.2 Å².